The van der Waals surface area contributed by atoms with Crippen LogP contribution in [-0.2, 0) is 14.3 Å². The molecular formula is C20H17BrN2O5. The Morgan fingerprint density at radius 3 is 2.61 bits per heavy atom. The van der Waals surface area contributed by atoms with E-state index in [9.17, 15) is 9.59 Å². The monoisotopic (exact) mass is 444 g/mol. The molecule has 1 atom stereocenters. The maximum atomic E-state index is 12.7. The van der Waals surface area contributed by atoms with Gasteiger partial charge in [0.05, 0.1) is 0 Å². The van der Waals surface area contributed by atoms with E-state index in [1.54, 1.807) is 61.5 Å². The van der Waals surface area contributed by atoms with E-state index in [-0.39, 0.29) is 12.4 Å². The summed E-state index contributed by atoms with van der Waals surface area (Å²) in [4.78, 5) is 24.9. The van der Waals surface area contributed by atoms with Crippen molar-refractivity contribution in [2.75, 3.05) is 11.9 Å². The highest BCUT2D eigenvalue weighted by atomic mass is 79.9. The molecule has 0 aliphatic rings. The van der Waals surface area contributed by atoms with E-state index >= 15 is 0 Å². The predicted octanol–water partition coefficient (Wildman–Crippen LogP) is 4.05. The highest BCUT2D eigenvalue weighted by Gasteiger charge is 2.26. The third-order valence-corrected chi connectivity index (χ3v) is 4.12. The van der Waals surface area contributed by atoms with Gasteiger partial charge in [-0.3, -0.25) is 4.79 Å². The summed E-state index contributed by atoms with van der Waals surface area (Å²) in [5.74, 6) is 0.0663. The molecule has 28 heavy (non-hydrogen) atoms. The van der Waals surface area contributed by atoms with Gasteiger partial charge < -0.3 is 19.3 Å². The zero-order valence-corrected chi connectivity index (χ0v) is 16.5. The second-order valence-corrected chi connectivity index (χ2v) is 6.75. The van der Waals surface area contributed by atoms with Gasteiger partial charge >= 0.3 is 5.97 Å². The number of anilines is 1. The number of carbonyl (C=O) groups is 2. The number of rotatable bonds is 7. The van der Waals surface area contributed by atoms with Crippen molar-refractivity contribution in [1.29, 1.82) is 0 Å². The lowest BCUT2D eigenvalue weighted by Gasteiger charge is -2.17. The summed E-state index contributed by atoms with van der Waals surface area (Å²) in [5, 5.41) is 6.30. The minimum atomic E-state index is -1.16. The fourth-order valence-electron chi connectivity index (χ4n) is 2.38. The summed E-state index contributed by atoms with van der Waals surface area (Å²) in [6, 6.07) is 17.3. The van der Waals surface area contributed by atoms with Gasteiger partial charge in [-0.1, -0.05) is 57.5 Å². The number of esters is 1. The third kappa shape index (κ3) is 5.43. The summed E-state index contributed by atoms with van der Waals surface area (Å²) in [6.45, 7) is 1.37. The Kier molecular flexibility index (Phi) is 6.44. The molecule has 144 valence electrons. The molecular weight excluding hydrogens is 428 g/mol. The number of halogens is 1. The van der Waals surface area contributed by atoms with Crippen molar-refractivity contribution in [3.8, 4) is 5.75 Å². The van der Waals surface area contributed by atoms with Crippen LogP contribution >= 0.6 is 15.9 Å². The van der Waals surface area contributed by atoms with E-state index in [1.165, 1.54) is 0 Å². The number of hydrogen-bond donors (Lipinski definition) is 1. The van der Waals surface area contributed by atoms with Gasteiger partial charge in [0.1, 0.15) is 11.5 Å². The molecule has 0 spiro atoms. The van der Waals surface area contributed by atoms with Crippen molar-refractivity contribution in [2.24, 2.45) is 0 Å². The molecule has 3 aromatic rings. The number of amides is 1. The Hall–Kier alpha value is -3.13. The molecule has 0 saturated carbocycles. The predicted molar refractivity (Wildman–Crippen MR) is 105 cm³/mol. The van der Waals surface area contributed by atoms with Gasteiger partial charge in [-0.25, -0.2) is 4.79 Å². The Morgan fingerprint density at radius 2 is 1.93 bits per heavy atom. The molecule has 0 aliphatic carbocycles. The standard InChI is InChI=1S/C20H17BrN2O5/c1-13-10-17(23-28-13)22-20(25)19(14-6-3-2-4-7-14)27-18(24)12-26-16-9-5-8-15(21)11-16/h2-11,19H,12H2,1H3,(H,22,23,25). The second kappa shape index (κ2) is 9.18. The molecule has 2 aromatic carbocycles. The molecule has 0 saturated heterocycles. The lowest BCUT2D eigenvalue weighted by atomic mass is 10.1. The third-order valence-electron chi connectivity index (χ3n) is 3.62. The Bertz CT molecular complexity index is 958. The van der Waals surface area contributed by atoms with E-state index in [4.69, 9.17) is 14.0 Å². The van der Waals surface area contributed by atoms with Crippen LogP contribution < -0.4 is 10.1 Å². The van der Waals surface area contributed by atoms with Crippen molar-refractivity contribution in [3.05, 3.63) is 76.5 Å². The molecule has 0 radical (unpaired) electrons. The van der Waals surface area contributed by atoms with E-state index < -0.39 is 18.0 Å². The zero-order valence-electron chi connectivity index (χ0n) is 14.9. The van der Waals surface area contributed by atoms with Gasteiger partial charge in [0.25, 0.3) is 5.91 Å². The largest absolute Gasteiger partial charge is 0.482 e. The van der Waals surface area contributed by atoms with Gasteiger partial charge in [-0.2, -0.15) is 0 Å². The van der Waals surface area contributed by atoms with Crippen LogP contribution in [-0.4, -0.2) is 23.6 Å². The van der Waals surface area contributed by atoms with Crippen molar-refractivity contribution < 1.29 is 23.6 Å². The van der Waals surface area contributed by atoms with Gasteiger partial charge in [0.15, 0.2) is 12.4 Å². The first kappa shape index (κ1) is 19.6. The number of benzene rings is 2. The summed E-state index contributed by atoms with van der Waals surface area (Å²) >= 11 is 3.33. The van der Waals surface area contributed by atoms with E-state index in [0.717, 1.165) is 4.47 Å². The number of aryl methyl sites for hydroxylation is 1. The SMILES string of the molecule is Cc1cc(NC(=O)C(OC(=O)COc2cccc(Br)c2)c2ccccc2)no1. The zero-order chi connectivity index (χ0) is 19.9. The summed E-state index contributed by atoms with van der Waals surface area (Å²) in [6.07, 6.45) is -1.16. The quantitative estimate of drug-likeness (QED) is 0.552. The maximum Gasteiger partial charge on any atom is 0.345 e. The van der Waals surface area contributed by atoms with E-state index in [1.807, 2.05) is 6.07 Å². The second-order valence-electron chi connectivity index (χ2n) is 5.84. The highest BCUT2D eigenvalue weighted by Crippen LogP contribution is 2.21. The minimum Gasteiger partial charge on any atom is -0.482 e. The average molecular weight is 445 g/mol. The van der Waals surface area contributed by atoms with Crippen molar-refractivity contribution in [3.63, 3.8) is 0 Å². The number of aromatic nitrogens is 1. The highest BCUT2D eigenvalue weighted by molar-refractivity contribution is 9.10. The van der Waals surface area contributed by atoms with Crippen molar-refractivity contribution >= 4 is 33.6 Å². The van der Waals surface area contributed by atoms with Crippen LogP contribution in [0.1, 0.15) is 17.4 Å². The van der Waals surface area contributed by atoms with Crippen LogP contribution in [0.5, 0.6) is 5.75 Å². The van der Waals surface area contributed by atoms with Gasteiger partial charge in [0.2, 0.25) is 6.10 Å². The molecule has 0 fully saturated rings. The molecule has 1 heterocycles. The lowest BCUT2D eigenvalue weighted by Crippen LogP contribution is -2.28. The fourth-order valence-corrected chi connectivity index (χ4v) is 2.76. The van der Waals surface area contributed by atoms with Gasteiger partial charge in [0, 0.05) is 16.1 Å². The Balaban J connectivity index is 1.68. The van der Waals surface area contributed by atoms with Crippen molar-refractivity contribution in [1.82, 2.24) is 5.16 Å². The van der Waals surface area contributed by atoms with Gasteiger partial charge in [-0.05, 0) is 25.1 Å². The van der Waals surface area contributed by atoms with Crippen LogP contribution in [0.2, 0.25) is 0 Å². The molecule has 3 rings (SSSR count). The van der Waals surface area contributed by atoms with Crippen LogP contribution in [0.25, 0.3) is 0 Å². The molecule has 1 N–H and O–H groups in total. The number of nitrogens with one attached hydrogen (secondary N) is 1. The summed E-state index contributed by atoms with van der Waals surface area (Å²) in [5.41, 5.74) is 0.524. The Labute approximate surface area is 169 Å². The molecule has 8 heteroatoms. The molecule has 0 aliphatic heterocycles. The first-order valence-electron chi connectivity index (χ1n) is 8.38. The number of hydrogen-bond acceptors (Lipinski definition) is 6. The van der Waals surface area contributed by atoms with Crippen molar-refractivity contribution in [2.45, 2.75) is 13.0 Å². The number of ether oxygens (including phenoxy) is 2. The molecule has 0 bridgehead atoms. The maximum absolute atomic E-state index is 12.7. The molecule has 1 unspecified atom stereocenters. The van der Waals surface area contributed by atoms with Crippen LogP contribution in [0.3, 0.4) is 0 Å². The summed E-state index contributed by atoms with van der Waals surface area (Å²) in [7, 11) is 0. The number of nitrogens with zero attached hydrogens (tertiary/aromatic N) is 1. The molecule has 1 amide bonds. The van der Waals surface area contributed by atoms with Crippen LogP contribution in [0, 0.1) is 6.92 Å². The van der Waals surface area contributed by atoms with Crippen LogP contribution in [0.15, 0.2) is 69.7 Å². The van der Waals surface area contributed by atoms with E-state index in [0.29, 0.717) is 17.1 Å². The smallest absolute Gasteiger partial charge is 0.345 e. The molecule has 7 nitrogen and oxygen atoms in total. The van der Waals surface area contributed by atoms with Gasteiger partial charge in [-0.15, -0.1) is 0 Å². The fraction of sp³-hybridized carbons (Fsp3) is 0.150. The first-order valence-corrected chi connectivity index (χ1v) is 9.17. The minimum absolute atomic E-state index is 0.241. The summed E-state index contributed by atoms with van der Waals surface area (Å²) < 4.78 is 16.6. The van der Waals surface area contributed by atoms with Crippen LogP contribution in [0.4, 0.5) is 5.82 Å². The van der Waals surface area contributed by atoms with E-state index in [2.05, 4.69) is 26.4 Å². The average Bonchev–Trinajstić information content (AvgIpc) is 3.09. The Morgan fingerprint density at radius 1 is 1.14 bits per heavy atom. The first-order chi connectivity index (χ1) is 13.5. The topological polar surface area (TPSA) is 90.7 Å². The lowest BCUT2D eigenvalue weighted by molar-refractivity contribution is -0.156. The number of carbonyl (C=O) groups excluding carboxylic acids is 2. The normalized spacial score (nSPS) is 11.5. The molecule has 1 aromatic heterocycles.